The summed E-state index contributed by atoms with van der Waals surface area (Å²) in [5.41, 5.74) is 10.0. The molecule has 0 aromatic heterocycles. The van der Waals surface area contributed by atoms with Gasteiger partial charge in [-0.15, -0.1) is 0 Å². The first-order chi connectivity index (χ1) is 11.5. The van der Waals surface area contributed by atoms with Crippen LogP contribution in [0.25, 0.3) is 11.1 Å². The summed E-state index contributed by atoms with van der Waals surface area (Å²) in [7, 11) is 0. The van der Waals surface area contributed by atoms with E-state index < -0.39 is 12.1 Å². The molecular weight excluding hydrogens is 304 g/mol. The normalized spacial score (nSPS) is 17.1. The van der Waals surface area contributed by atoms with Crippen molar-refractivity contribution in [2.75, 3.05) is 13.2 Å². The number of nitrogens with zero attached hydrogens (tertiary/aromatic N) is 1. The predicted molar refractivity (Wildman–Crippen MR) is 91.3 cm³/mol. The molecule has 5 heteroatoms. The monoisotopic (exact) mass is 324 g/mol. The van der Waals surface area contributed by atoms with E-state index in [1.165, 1.54) is 10.5 Å². The van der Waals surface area contributed by atoms with Gasteiger partial charge < -0.3 is 15.4 Å². The second kappa shape index (κ2) is 6.45. The molecule has 0 bridgehead atoms. The molecule has 5 nitrogen and oxygen atoms in total. The van der Waals surface area contributed by atoms with Gasteiger partial charge in [0.2, 0.25) is 6.23 Å². The van der Waals surface area contributed by atoms with Gasteiger partial charge in [-0.05, 0) is 42.2 Å². The molecule has 0 spiro atoms. The highest BCUT2D eigenvalue weighted by atomic mass is 16.5. The fourth-order valence-electron chi connectivity index (χ4n) is 2.90. The Hall–Kier alpha value is -2.66. The second-order valence-electron chi connectivity index (χ2n) is 5.97. The van der Waals surface area contributed by atoms with Crippen LogP contribution in [0.5, 0.6) is 0 Å². The minimum Gasteiger partial charge on any atom is -0.366 e. The molecule has 0 aliphatic carbocycles. The Morgan fingerprint density at radius 3 is 2.58 bits per heavy atom. The molecule has 1 aliphatic heterocycles. The number of hydrogen-bond donors (Lipinski definition) is 1. The third kappa shape index (κ3) is 2.90. The van der Waals surface area contributed by atoms with Crippen LogP contribution in [0.15, 0.2) is 42.5 Å². The summed E-state index contributed by atoms with van der Waals surface area (Å²) in [5, 5.41) is 0. The quantitative estimate of drug-likeness (QED) is 0.941. The Kier molecular flexibility index (Phi) is 4.36. The molecule has 1 heterocycles. The molecule has 0 saturated carbocycles. The number of benzene rings is 2. The zero-order valence-electron chi connectivity index (χ0n) is 13.8. The van der Waals surface area contributed by atoms with Crippen LogP contribution >= 0.6 is 0 Å². The van der Waals surface area contributed by atoms with Crippen molar-refractivity contribution in [1.82, 2.24) is 4.90 Å². The smallest absolute Gasteiger partial charge is 0.267 e. The zero-order chi connectivity index (χ0) is 17.3. The molecule has 2 aromatic carbocycles. The molecule has 0 radical (unpaired) electrons. The number of ether oxygens (including phenoxy) is 1. The summed E-state index contributed by atoms with van der Waals surface area (Å²) >= 11 is 0. The number of carbonyl (C=O) groups is 2. The van der Waals surface area contributed by atoms with Crippen molar-refractivity contribution in [3.63, 3.8) is 0 Å². The average molecular weight is 324 g/mol. The van der Waals surface area contributed by atoms with Crippen LogP contribution in [0.4, 0.5) is 0 Å². The first kappa shape index (κ1) is 16.2. The molecular formula is C19H20N2O3. The third-order valence-corrected chi connectivity index (χ3v) is 4.37. The lowest BCUT2D eigenvalue weighted by atomic mass is 9.96. The second-order valence-corrected chi connectivity index (χ2v) is 5.97. The van der Waals surface area contributed by atoms with Gasteiger partial charge in [-0.3, -0.25) is 9.59 Å². The van der Waals surface area contributed by atoms with Crippen LogP contribution in [0.1, 0.15) is 21.5 Å². The first-order valence-corrected chi connectivity index (χ1v) is 7.87. The highest BCUT2D eigenvalue weighted by molar-refractivity contribution is 6.02. The van der Waals surface area contributed by atoms with Crippen molar-refractivity contribution in [2.45, 2.75) is 20.1 Å². The van der Waals surface area contributed by atoms with Gasteiger partial charge in [0, 0.05) is 12.1 Å². The maximum Gasteiger partial charge on any atom is 0.267 e. The number of nitrogens with two attached hydrogens (primary N) is 1. The molecule has 2 N–H and O–H groups in total. The first-order valence-electron chi connectivity index (χ1n) is 7.87. The van der Waals surface area contributed by atoms with Crippen LogP contribution in [0.2, 0.25) is 0 Å². The predicted octanol–water partition coefficient (Wildman–Crippen LogP) is 2.25. The molecule has 2 aromatic rings. The van der Waals surface area contributed by atoms with E-state index in [-0.39, 0.29) is 5.91 Å². The van der Waals surface area contributed by atoms with Crippen LogP contribution in [0.3, 0.4) is 0 Å². The van der Waals surface area contributed by atoms with E-state index in [9.17, 15) is 9.59 Å². The molecule has 24 heavy (non-hydrogen) atoms. The molecule has 1 aliphatic rings. The number of carbonyl (C=O) groups excluding carboxylic acids is 2. The van der Waals surface area contributed by atoms with Gasteiger partial charge in [0.15, 0.2) is 0 Å². The minimum atomic E-state index is -0.995. The number of amides is 2. The van der Waals surface area contributed by atoms with E-state index in [2.05, 4.69) is 13.0 Å². The van der Waals surface area contributed by atoms with Crippen molar-refractivity contribution >= 4 is 11.8 Å². The van der Waals surface area contributed by atoms with Gasteiger partial charge in [-0.1, -0.05) is 36.4 Å². The lowest BCUT2D eigenvalue weighted by Crippen LogP contribution is -2.44. The summed E-state index contributed by atoms with van der Waals surface area (Å²) in [4.78, 5) is 25.8. The Balaban J connectivity index is 2.01. The van der Waals surface area contributed by atoms with E-state index in [0.29, 0.717) is 18.7 Å². The summed E-state index contributed by atoms with van der Waals surface area (Å²) in [6, 6.07) is 13.5. The SMILES string of the molecule is Cc1ccc(-c2ccccc2C(=O)N2CCOC2C(N)=O)cc1C. The average Bonchev–Trinajstić information content (AvgIpc) is 3.07. The van der Waals surface area contributed by atoms with Gasteiger partial charge >= 0.3 is 0 Å². The van der Waals surface area contributed by atoms with Gasteiger partial charge in [0.05, 0.1) is 6.61 Å². The Bertz CT molecular complexity index is 801. The third-order valence-electron chi connectivity index (χ3n) is 4.37. The van der Waals surface area contributed by atoms with Gasteiger partial charge in [0.1, 0.15) is 0 Å². The van der Waals surface area contributed by atoms with Crippen molar-refractivity contribution < 1.29 is 14.3 Å². The molecule has 1 fully saturated rings. The van der Waals surface area contributed by atoms with Crippen LogP contribution in [0, 0.1) is 13.8 Å². The van der Waals surface area contributed by atoms with Crippen LogP contribution in [-0.4, -0.2) is 36.1 Å². The molecule has 2 amide bonds. The van der Waals surface area contributed by atoms with E-state index in [1.807, 2.05) is 37.3 Å². The van der Waals surface area contributed by atoms with Crippen molar-refractivity contribution in [2.24, 2.45) is 5.73 Å². The number of primary amides is 1. The van der Waals surface area contributed by atoms with E-state index >= 15 is 0 Å². The molecule has 1 atom stereocenters. The maximum atomic E-state index is 12.9. The number of hydrogen-bond acceptors (Lipinski definition) is 3. The van der Waals surface area contributed by atoms with E-state index in [1.54, 1.807) is 6.07 Å². The van der Waals surface area contributed by atoms with Gasteiger partial charge in [-0.2, -0.15) is 0 Å². The molecule has 3 rings (SSSR count). The molecule has 1 saturated heterocycles. The Morgan fingerprint density at radius 1 is 1.12 bits per heavy atom. The highest BCUT2D eigenvalue weighted by Gasteiger charge is 2.35. The summed E-state index contributed by atoms with van der Waals surface area (Å²) < 4.78 is 5.28. The summed E-state index contributed by atoms with van der Waals surface area (Å²) in [6.07, 6.45) is -0.995. The van der Waals surface area contributed by atoms with Crippen LogP contribution < -0.4 is 5.73 Å². The Labute approximate surface area is 141 Å². The van der Waals surface area contributed by atoms with Gasteiger partial charge in [0.25, 0.3) is 11.8 Å². The maximum absolute atomic E-state index is 12.9. The molecule has 124 valence electrons. The van der Waals surface area contributed by atoms with Crippen molar-refractivity contribution in [3.8, 4) is 11.1 Å². The lowest BCUT2D eigenvalue weighted by molar-refractivity contribution is -0.131. The summed E-state index contributed by atoms with van der Waals surface area (Å²) in [5.74, 6) is -0.894. The lowest BCUT2D eigenvalue weighted by Gasteiger charge is -2.22. The molecule has 1 unspecified atom stereocenters. The van der Waals surface area contributed by atoms with E-state index in [0.717, 1.165) is 16.7 Å². The number of aryl methyl sites for hydroxylation is 2. The largest absolute Gasteiger partial charge is 0.366 e. The minimum absolute atomic E-state index is 0.245. The zero-order valence-corrected chi connectivity index (χ0v) is 13.8. The standard InChI is InChI=1S/C19H20N2O3/c1-12-7-8-14(11-13(12)2)15-5-3-4-6-16(15)18(23)21-9-10-24-19(21)17(20)22/h3-8,11,19H,9-10H2,1-2H3,(H2,20,22). The van der Waals surface area contributed by atoms with E-state index in [4.69, 9.17) is 10.5 Å². The number of rotatable bonds is 3. The van der Waals surface area contributed by atoms with Crippen molar-refractivity contribution in [1.29, 1.82) is 0 Å². The van der Waals surface area contributed by atoms with Crippen LogP contribution in [-0.2, 0) is 9.53 Å². The fraction of sp³-hybridized carbons (Fsp3) is 0.263. The van der Waals surface area contributed by atoms with Gasteiger partial charge in [-0.25, -0.2) is 0 Å². The Morgan fingerprint density at radius 2 is 1.88 bits per heavy atom. The fourth-order valence-corrected chi connectivity index (χ4v) is 2.90. The highest BCUT2D eigenvalue weighted by Crippen LogP contribution is 2.28. The van der Waals surface area contributed by atoms with Crippen molar-refractivity contribution in [3.05, 3.63) is 59.2 Å². The topological polar surface area (TPSA) is 72.6 Å². The summed E-state index contributed by atoms with van der Waals surface area (Å²) in [6.45, 7) is 4.76.